The quantitative estimate of drug-likeness (QED) is 0.481. The Morgan fingerprint density at radius 1 is 0.765 bits per heavy atom. The summed E-state index contributed by atoms with van der Waals surface area (Å²) in [6, 6.07) is 19.2. The molecule has 0 aliphatic carbocycles. The van der Waals surface area contributed by atoms with Crippen LogP contribution in [-0.2, 0) is 21.4 Å². The number of hydrogen-bond acceptors (Lipinski definition) is 3. The Bertz CT molecular complexity index is 1240. The van der Waals surface area contributed by atoms with Gasteiger partial charge in [-0.2, -0.15) is 0 Å². The van der Waals surface area contributed by atoms with E-state index in [9.17, 15) is 18.4 Å². The molecule has 0 atom stereocenters. The first-order valence-electron chi connectivity index (χ1n) is 11.1. The number of anilines is 1. The van der Waals surface area contributed by atoms with Crippen molar-refractivity contribution in [3.05, 3.63) is 107 Å². The molecule has 34 heavy (non-hydrogen) atoms. The molecule has 6 heteroatoms. The lowest BCUT2D eigenvalue weighted by Crippen LogP contribution is -2.34. The van der Waals surface area contributed by atoms with Crippen molar-refractivity contribution in [3.63, 3.8) is 0 Å². The summed E-state index contributed by atoms with van der Waals surface area (Å²) in [6.45, 7) is 6.48. The number of carbonyl (C=O) groups excluding carboxylic acids is 2. The summed E-state index contributed by atoms with van der Waals surface area (Å²) in [5.74, 6) is -1.68. The molecule has 0 saturated carbocycles. The van der Waals surface area contributed by atoms with E-state index in [1.54, 1.807) is 12.1 Å². The van der Waals surface area contributed by atoms with Gasteiger partial charge in [0.2, 0.25) is 0 Å². The second-order valence-corrected chi connectivity index (χ2v) is 9.35. The smallest absolute Gasteiger partial charge is 0.278 e. The van der Waals surface area contributed by atoms with Gasteiger partial charge in [-0.3, -0.25) is 14.5 Å². The predicted molar refractivity (Wildman–Crippen MR) is 129 cm³/mol. The summed E-state index contributed by atoms with van der Waals surface area (Å²) in [7, 11) is 0. The molecular formula is C28H26F2N2O2. The molecule has 1 heterocycles. The number of amides is 2. The van der Waals surface area contributed by atoms with Gasteiger partial charge in [0.05, 0.1) is 5.57 Å². The zero-order valence-electron chi connectivity index (χ0n) is 19.4. The zero-order valence-corrected chi connectivity index (χ0v) is 19.4. The molecule has 0 fully saturated rings. The fourth-order valence-corrected chi connectivity index (χ4v) is 3.87. The minimum absolute atomic E-state index is 0.0205. The lowest BCUT2D eigenvalue weighted by Gasteiger charge is -2.19. The summed E-state index contributed by atoms with van der Waals surface area (Å²) in [5, 5.41) is 3.12. The van der Waals surface area contributed by atoms with Crippen LogP contribution in [0.4, 0.5) is 14.5 Å². The molecule has 1 aliphatic rings. The van der Waals surface area contributed by atoms with Gasteiger partial charge in [-0.1, -0.05) is 57.2 Å². The summed E-state index contributed by atoms with van der Waals surface area (Å²) in [6.07, 6.45) is 0.391. The minimum Gasteiger partial charge on any atom is -0.350 e. The molecule has 0 bridgehead atoms. The molecule has 0 unspecified atom stereocenters. The van der Waals surface area contributed by atoms with E-state index in [1.807, 2.05) is 24.3 Å². The fourth-order valence-electron chi connectivity index (χ4n) is 3.87. The Hall–Kier alpha value is -3.80. The minimum atomic E-state index is -0.452. The van der Waals surface area contributed by atoms with E-state index in [0.29, 0.717) is 17.7 Å². The van der Waals surface area contributed by atoms with Crippen molar-refractivity contribution in [3.8, 4) is 0 Å². The van der Waals surface area contributed by atoms with E-state index in [4.69, 9.17) is 0 Å². The highest BCUT2D eigenvalue weighted by atomic mass is 19.1. The van der Waals surface area contributed by atoms with Crippen LogP contribution in [0.5, 0.6) is 0 Å². The standard InChI is InChI=1S/C28H26F2N2O2/c1-28(2,3)20-8-14-23(15-9-20)31-25-24(19-6-12-22(30)13-7-19)26(33)32(27(25)34)17-16-18-4-10-21(29)11-5-18/h4-15,31H,16-17H2,1-3H3. The third-order valence-electron chi connectivity index (χ3n) is 5.86. The lowest BCUT2D eigenvalue weighted by atomic mass is 9.87. The van der Waals surface area contributed by atoms with Crippen LogP contribution in [0.25, 0.3) is 5.57 Å². The van der Waals surface area contributed by atoms with Gasteiger partial charge < -0.3 is 5.32 Å². The van der Waals surface area contributed by atoms with Gasteiger partial charge in [-0.05, 0) is 64.9 Å². The molecular weight excluding hydrogens is 434 g/mol. The van der Waals surface area contributed by atoms with Crippen LogP contribution in [0.3, 0.4) is 0 Å². The Labute approximate surface area is 197 Å². The number of imide groups is 1. The van der Waals surface area contributed by atoms with Crippen molar-refractivity contribution < 1.29 is 18.4 Å². The van der Waals surface area contributed by atoms with Gasteiger partial charge in [0.15, 0.2) is 0 Å². The topological polar surface area (TPSA) is 49.4 Å². The Balaban J connectivity index is 1.64. The molecule has 0 aromatic heterocycles. The first-order valence-corrected chi connectivity index (χ1v) is 11.1. The predicted octanol–water partition coefficient (Wildman–Crippen LogP) is 5.70. The molecule has 0 spiro atoms. The van der Waals surface area contributed by atoms with Crippen molar-refractivity contribution in [2.45, 2.75) is 32.6 Å². The molecule has 3 aromatic rings. The molecule has 0 saturated heterocycles. The van der Waals surface area contributed by atoms with Crippen molar-refractivity contribution in [2.24, 2.45) is 0 Å². The van der Waals surface area contributed by atoms with Gasteiger partial charge >= 0.3 is 0 Å². The third-order valence-corrected chi connectivity index (χ3v) is 5.86. The van der Waals surface area contributed by atoms with Crippen LogP contribution < -0.4 is 5.32 Å². The third kappa shape index (κ3) is 4.91. The molecule has 1 N–H and O–H groups in total. The van der Waals surface area contributed by atoms with Crippen LogP contribution >= 0.6 is 0 Å². The maximum absolute atomic E-state index is 13.5. The zero-order chi connectivity index (χ0) is 24.5. The number of benzene rings is 3. The Morgan fingerprint density at radius 2 is 1.32 bits per heavy atom. The van der Waals surface area contributed by atoms with E-state index in [0.717, 1.165) is 11.1 Å². The maximum atomic E-state index is 13.5. The normalized spacial score (nSPS) is 14.2. The molecule has 0 radical (unpaired) electrons. The first kappa shape index (κ1) is 23.4. The van der Waals surface area contributed by atoms with Gasteiger partial charge in [0.25, 0.3) is 11.8 Å². The lowest BCUT2D eigenvalue weighted by molar-refractivity contribution is -0.136. The molecule has 3 aromatic carbocycles. The van der Waals surface area contributed by atoms with E-state index < -0.39 is 17.6 Å². The summed E-state index contributed by atoms with van der Waals surface area (Å²) in [5.41, 5.74) is 3.41. The van der Waals surface area contributed by atoms with Crippen LogP contribution in [-0.4, -0.2) is 23.3 Å². The summed E-state index contributed by atoms with van der Waals surface area (Å²) in [4.78, 5) is 27.8. The Kier molecular flexibility index (Phi) is 6.33. The monoisotopic (exact) mass is 460 g/mol. The summed E-state index contributed by atoms with van der Waals surface area (Å²) < 4.78 is 26.7. The highest BCUT2D eigenvalue weighted by molar-refractivity contribution is 6.36. The molecule has 4 nitrogen and oxygen atoms in total. The van der Waals surface area contributed by atoms with Gasteiger partial charge in [0, 0.05) is 12.2 Å². The van der Waals surface area contributed by atoms with Crippen LogP contribution in [0.2, 0.25) is 0 Å². The molecule has 2 amide bonds. The van der Waals surface area contributed by atoms with E-state index in [2.05, 4.69) is 26.1 Å². The number of carbonyl (C=O) groups is 2. The van der Waals surface area contributed by atoms with E-state index >= 15 is 0 Å². The average Bonchev–Trinajstić information content (AvgIpc) is 3.03. The van der Waals surface area contributed by atoms with Gasteiger partial charge in [0.1, 0.15) is 17.3 Å². The van der Waals surface area contributed by atoms with Crippen LogP contribution in [0.1, 0.15) is 37.5 Å². The fraction of sp³-hybridized carbons (Fsp3) is 0.214. The average molecular weight is 461 g/mol. The molecule has 4 rings (SSSR count). The second-order valence-electron chi connectivity index (χ2n) is 9.35. The molecule has 1 aliphatic heterocycles. The van der Waals surface area contributed by atoms with Crippen molar-refractivity contribution in [2.75, 3.05) is 11.9 Å². The highest BCUT2D eigenvalue weighted by Crippen LogP contribution is 2.31. The van der Waals surface area contributed by atoms with Crippen LogP contribution in [0.15, 0.2) is 78.5 Å². The number of nitrogens with one attached hydrogen (secondary N) is 1. The number of hydrogen-bond donors (Lipinski definition) is 1. The van der Waals surface area contributed by atoms with Crippen LogP contribution in [0, 0.1) is 11.6 Å². The first-order chi connectivity index (χ1) is 16.1. The van der Waals surface area contributed by atoms with E-state index in [1.165, 1.54) is 41.3 Å². The van der Waals surface area contributed by atoms with Crippen molar-refractivity contribution in [1.82, 2.24) is 4.90 Å². The van der Waals surface area contributed by atoms with Gasteiger partial charge in [-0.25, -0.2) is 8.78 Å². The van der Waals surface area contributed by atoms with Gasteiger partial charge in [-0.15, -0.1) is 0 Å². The number of halogens is 2. The SMILES string of the molecule is CC(C)(C)c1ccc(NC2=C(c3ccc(F)cc3)C(=O)N(CCc3ccc(F)cc3)C2=O)cc1. The van der Waals surface area contributed by atoms with Crippen molar-refractivity contribution in [1.29, 1.82) is 0 Å². The summed E-state index contributed by atoms with van der Waals surface area (Å²) >= 11 is 0. The number of nitrogens with zero attached hydrogens (tertiary/aromatic N) is 1. The van der Waals surface area contributed by atoms with E-state index in [-0.39, 0.29) is 29.0 Å². The largest absolute Gasteiger partial charge is 0.350 e. The molecule has 174 valence electrons. The Morgan fingerprint density at radius 3 is 1.88 bits per heavy atom. The second kappa shape index (κ2) is 9.21. The van der Waals surface area contributed by atoms with Crippen molar-refractivity contribution >= 4 is 23.1 Å². The number of rotatable bonds is 6. The maximum Gasteiger partial charge on any atom is 0.278 e. The highest BCUT2D eigenvalue weighted by Gasteiger charge is 2.39.